The van der Waals surface area contributed by atoms with Crippen molar-refractivity contribution in [3.8, 4) is 0 Å². The van der Waals surface area contributed by atoms with Gasteiger partial charge < -0.3 is 0 Å². The summed E-state index contributed by atoms with van der Waals surface area (Å²) >= 11 is 5.55. The van der Waals surface area contributed by atoms with Crippen molar-refractivity contribution in [3.05, 3.63) is 0 Å². The molecule has 0 amide bonds. The second-order valence-corrected chi connectivity index (χ2v) is 4.11. The van der Waals surface area contributed by atoms with Crippen molar-refractivity contribution in [3.63, 3.8) is 0 Å². The van der Waals surface area contributed by atoms with E-state index in [-0.39, 0.29) is 6.54 Å². The largest absolute Gasteiger partial charge is 0.296 e. The smallest absolute Gasteiger partial charge is 0.251 e. The molecule has 0 aromatic heterocycles. The molecule has 0 aliphatic heterocycles. The van der Waals surface area contributed by atoms with Crippen LogP contribution in [0.1, 0.15) is 26.7 Å². The number of halogens is 3. The van der Waals surface area contributed by atoms with Gasteiger partial charge in [-0.15, -0.1) is 11.6 Å². The Morgan fingerprint density at radius 1 is 1.29 bits per heavy atom. The van der Waals surface area contributed by atoms with E-state index in [1.54, 1.807) is 4.90 Å². The normalized spacial score (nSPS) is 13.9. The van der Waals surface area contributed by atoms with Crippen LogP contribution in [-0.2, 0) is 0 Å². The van der Waals surface area contributed by atoms with Crippen LogP contribution in [0.3, 0.4) is 0 Å². The summed E-state index contributed by atoms with van der Waals surface area (Å²) in [6.45, 7) is 5.33. The van der Waals surface area contributed by atoms with Gasteiger partial charge in [0.1, 0.15) is 0 Å². The van der Waals surface area contributed by atoms with Crippen molar-refractivity contribution >= 4 is 11.6 Å². The molecule has 0 rings (SSSR count). The SMILES string of the molecule is CCCC(C)CN(CCCl)CC(F)F. The first kappa shape index (κ1) is 14.1. The summed E-state index contributed by atoms with van der Waals surface area (Å²) in [6.07, 6.45) is -0.0703. The number of hydrogen-bond acceptors (Lipinski definition) is 1. The lowest BCUT2D eigenvalue weighted by atomic mass is 10.1. The third-order valence-electron chi connectivity index (χ3n) is 2.15. The highest BCUT2D eigenvalue weighted by molar-refractivity contribution is 6.18. The Kier molecular flexibility index (Phi) is 8.49. The molecule has 0 saturated carbocycles. The molecule has 0 bridgehead atoms. The fourth-order valence-corrected chi connectivity index (χ4v) is 1.84. The first-order valence-electron chi connectivity index (χ1n) is 5.16. The van der Waals surface area contributed by atoms with Crippen molar-refractivity contribution in [1.29, 1.82) is 0 Å². The molecule has 0 aromatic carbocycles. The maximum Gasteiger partial charge on any atom is 0.251 e. The lowest BCUT2D eigenvalue weighted by Crippen LogP contribution is -2.34. The zero-order chi connectivity index (χ0) is 11.0. The quantitative estimate of drug-likeness (QED) is 0.576. The zero-order valence-electron chi connectivity index (χ0n) is 8.98. The average Bonchev–Trinajstić information content (AvgIpc) is 2.03. The number of nitrogens with zero attached hydrogens (tertiary/aromatic N) is 1. The van der Waals surface area contributed by atoms with Gasteiger partial charge in [0.2, 0.25) is 0 Å². The van der Waals surface area contributed by atoms with Crippen LogP contribution in [-0.4, -0.2) is 36.8 Å². The highest BCUT2D eigenvalue weighted by Crippen LogP contribution is 2.09. The number of alkyl halides is 3. The molecule has 86 valence electrons. The van der Waals surface area contributed by atoms with Gasteiger partial charge >= 0.3 is 0 Å². The van der Waals surface area contributed by atoms with E-state index in [2.05, 4.69) is 13.8 Å². The predicted octanol–water partition coefficient (Wildman–Crippen LogP) is 3.23. The first-order chi connectivity index (χ1) is 6.60. The van der Waals surface area contributed by atoms with E-state index in [0.29, 0.717) is 18.3 Å². The molecular weight excluding hydrogens is 208 g/mol. The van der Waals surface area contributed by atoms with Gasteiger partial charge in [-0.05, 0) is 12.3 Å². The molecule has 0 N–H and O–H groups in total. The molecule has 1 unspecified atom stereocenters. The Labute approximate surface area is 90.4 Å². The van der Waals surface area contributed by atoms with Crippen LogP contribution in [0.15, 0.2) is 0 Å². The van der Waals surface area contributed by atoms with Gasteiger partial charge in [-0.3, -0.25) is 4.90 Å². The van der Waals surface area contributed by atoms with Gasteiger partial charge in [-0.1, -0.05) is 20.3 Å². The van der Waals surface area contributed by atoms with Crippen molar-refractivity contribution in [2.24, 2.45) is 5.92 Å². The summed E-state index contributed by atoms with van der Waals surface area (Å²) in [5, 5.41) is 0. The average molecular weight is 228 g/mol. The highest BCUT2D eigenvalue weighted by atomic mass is 35.5. The Morgan fingerprint density at radius 3 is 2.36 bits per heavy atom. The van der Waals surface area contributed by atoms with Crippen LogP contribution in [0.5, 0.6) is 0 Å². The minimum absolute atomic E-state index is 0.152. The molecule has 0 aliphatic carbocycles. The summed E-state index contributed by atoms with van der Waals surface area (Å²) in [5.41, 5.74) is 0. The molecule has 1 atom stereocenters. The minimum atomic E-state index is -2.26. The molecule has 1 nitrogen and oxygen atoms in total. The van der Waals surface area contributed by atoms with Gasteiger partial charge in [-0.25, -0.2) is 8.78 Å². The predicted molar refractivity (Wildman–Crippen MR) is 57.2 cm³/mol. The van der Waals surface area contributed by atoms with Crippen LogP contribution >= 0.6 is 11.6 Å². The van der Waals surface area contributed by atoms with E-state index in [0.717, 1.165) is 19.4 Å². The first-order valence-corrected chi connectivity index (χ1v) is 5.70. The van der Waals surface area contributed by atoms with Gasteiger partial charge in [0, 0.05) is 19.0 Å². The summed E-state index contributed by atoms with van der Waals surface area (Å²) in [5.74, 6) is 0.896. The lowest BCUT2D eigenvalue weighted by molar-refractivity contribution is 0.0837. The fraction of sp³-hybridized carbons (Fsp3) is 1.00. The van der Waals surface area contributed by atoms with E-state index >= 15 is 0 Å². The van der Waals surface area contributed by atoms with Crippen LogP contribution in [0, 0.1) is 5.92 Å². The van der Waals surface area contributed by atoms with Crippen LogP contribution < -0.4 is 0 Å². The molecule has 0 saturated heterocycles. The molecule has 0 radical (unpaired) electrons. The second-order valence-electron chi connectivity index (χ2n) is 3.73. The molecule has 4 heteroatoms. The minimum Gasteiger partial charge on any atom is -0.296 e. The van der Waals surface area contributed by atoms with Crippen LogP contribution in [0.25, 0.3) is 0 Å². The fourth-order valence-electron chi connectivity index (χ4n) is 1.60. The van der Waals surface area contributed by atoms with Crippen molar-refractivity contribution in [2.75, 3.05) is 25.5 Å². The van der Waals surface area contributed by atoms with E-state index in [1.807, 2.05) is 0 Å². The number of rotatable bonds is 8. The Balaban J connectivity index is 3.81. The van der Waals surface area contributed by atoms with Crippen molar-refractivity contribution < 1.29 is 8.78 Å². The van der Waals surface area contributed by atoms with Gasteiger partial charge in [-0.2, -0.15) is 0 Å². The van der Waals surface area contributed by atoms with Gasteiger partial charge in [0.15, 0.2) is 0 Å². The van der Waals surface area contributed by atoms with Crippen LogP contribution in [0.4, 0.5) is 8.78 Å². The Bertz CT molecular complexity index is 133. The molecule has 14 heavy (non-hydrogen) atoms. The summed E-state index contributed by atoms with van der Waals surface area (Å²) < 4.78 is 24.3. The van der Waals surface area contributed by atoms with Crippen molar-refractivity contribution in [1.82, 2.24) is 4.90 Å². The summed E-state index contributed by atoms with van der Waals surface area (Å²) in [6, 6.07) is 0. The molecule has 0 fully saturated rings. The topological polar surface area (TPSA) is 3.24 Å². The summed E-state index contributed by atoms with van der Waals surface area (Å²) in [4.78, 5) is 1.75. The highest BCUT2D eigenvalue weighted by Gasteiger charge is 2.13. The molecule has 0 spiro atoms. The van der Waals surface area contributed by atoms with Crippen LogP contribution in [0.2, 0.25) is 0 Å². The third-order valence-corrected chi connectivity index (χ3v) is 2.32. The maximum atomic E-state index is 12.2. The third kappa shape index (κ3) is 7.51. The van der Waals surface area contributed by atoms with Gasteiger partial charge in [0.25, 0.3) is 6.43 Å². The number of hydrogen-bond donors (Lipinski definition) is 0. The van der Waals surface area contributed by atoms with E-state index < -0.39 is 6.43 Å². The maximum absolute atomic E-state index is 12.2. The molecule has 0 aromatic rings. The molecular formula is C10H20ClF2N. The van der Waals surface area contributed by atoms with Gasteiger partial charge in [0.05, 0.1) is 6.54 Å². The Hall–Kier alpha value is 0.110. The van der Waals surface area contributed by atoms with E-state index in [1.165, 1.54) is 0 Å². The zero-order valence-corrected chi connectivity index (χ0v) is 9.73. The molecule has 0 aliphatic rings. The second kappa shape index (κ2) is 8.42. The van der Waals surface area contributed by atoms with Crippen molar-refractivity contribution in [2.45, 2.75) is 33.1 Å². The monoisotopic (exact) mass is 227 g/mol. The van der Waals surface area contributed by atoms with E-state index in [9.17, 15) is 8.78 Å². The standard InChI is InChI=1S/C10H20ClF2N/c1-3-4-9(2)7-14(6-5-11)8-10(12)13/h9-10H,3-8H2,1-2H3. The molecule has 0 heterocycles. The van der Waals surface area contributed by atoms with E-state index in [4.69, 9.17) is 11.6 Å². The Morgan fingerprint density at radius 2 is 1.93 bits per heavy atom. The lowest BCUT2D eigenvalue weighted by Gasteiger charge is -2.24. The summed E-state index contributed by atoms with van der Waals surface area (Å²) in [7, 11) is 0.